The second kappa shape index (κ2) is 4.98. The molecule has 21 heavy (non-hydrogen) atoms. The summed E-state index contributed by atoms with van der Waals surface area (Å²) in [5, 5.41) is 0. The van der Waals surface area contributed by atoms with Crippen LogP contribution in [0.5, 0.6) is 0 Å². The molecule has 0 saturated heterocycles. The Morgan fingerprint density at radius 1 is 1.29 bits per heavy atom. The van der Waals surface area contributed by atoms with Crippen molar-refractivity contribution in [2.45, 2.75) is 49.0 Å². The maximum Gasteiger partial charge on any atom is 0.263 e. The molecule has 2 unspecified atom stereocenters. The number of hydrogen-bond donors (Lipinski definition) is 1. The summed E-state index contributed by atoms with van der Waals surface area (Å²) in [6.45, 7) is 0. The van der Waals surface area contributed by atoms with Gasteiger partial charge in [-0.15, -0.1) is 0 Å². The van der Waals surface area contributed by atoms with Gasteiger partial charge in [-0.05, 0) is 37.3 Å². The molecule has 3 rings (SSSR count). The summed E-state index contributed by atoms with van der Waals surface area (Å²) in [5.41, 5.74) is -0.977. The zero-order valence-corrected chi connectivity index (χ0v) is 12.1. The summed E-state index contributed by atoms with van der Waals surface area (Å²) in [4.78, 5) is -0.689. The number of rotatable bonds is 4. The predicted molar refractivity (Wildman–Crippen MR) is 71.0 cm³/mol. The van der Waals surface area contributed by atoms with Gasteiger partial charge in [0.25, 0.3) is 6.43 Å². The van der Waals surface area contributed by atoms with Crippen molar-refractivity contribution in [3.8, 4) is 0 Å². The highest BCUT2D eigenvalue weighted by Gasteiger charge is 2.56. The van der Waals surface area contributed by atoms with Crippen LogP contribution in [0.2, 0.25) is 0 Å². The molecule has 0 bridgehead atoms. The lowest BCUT2D eigenvalue weighted by Gasteiger charge is -2.23. The van der Waals surface area contributed by atoms with E-state index in [1.54, 1.807) is 0 Å². The van der Waals surface area contributed by atoms with Crippen molar-refractivity contribution in [2.75, 3.05) is 0 Å². The Bertz CT molecular complexity index is 662. The van der Waals surface area contributed by atoms with E-state index in [2.05, 4.69) is 4.72 Å². The summed E-state index contributed by atoms with van der Waals surface area (Å²) in [6, 6.07) is 2.40. The lowest BCUT2D eigenvalue weighted by Crippen LogP contribution is -2.40. The molecular formula is C14H16F3NO2S. The van der Waals surface area contributed by atoms with E-state index in [0.29, 0.717) is 5.92 Å². The first-order chi connectivity index (χ1) is 9.84. The molecule has 1 N–H and O–H groups in total. The highest BCUT2D eigenvalue weighted by atomic mass is 32.2. The largest absolute Gasteiger partial charge is 0.263 e. The Morgan fingerprint density at radius 3 is 2.71 bits per heavy atom. The van der Waals surface area contributed by atoms with Crippen LogP contribution in [0, 0.1) is 11.7 Å². The second-order valence-corrected chi connectivity index (χ2v) is 7.55. The molecule has 1 aromatic carbocycles. The molecule has 0 aliphatic heterocycles. The number of hydrogen-bond acceptors (Lipinski definition) is 2. The van der Waals surface area contributed by atoms with E-state index in [1.165, 1.54) is 0 Å². The summed E-state index contributed by atoms with van der Waals surface area (Å²) < 4.78 is 66.3. The van der Waals surface area contributed by atoms with E-state index >= 15 is 0 Å². The summed E-state index contributed by atoms with van der Waals surface area (Å²) >= 11 is 0. The summed E-state index contributed by atoms with van der Waals surface area (Å²) in [6.07, 6.45) is 1.61. The van der Waals surface area contributed by atoms with Crippen LogP contribution in [0.15, 0.2) is 23.1 Å². The molecule has 2 aliphatic rings. The number of fused-ring (bicyclic) bond motifs is 1. The molecule has 7 heteroatoms. The van der Waals surface area contributed by atoms with Crippen molar-refractivity contribution in [3.63, 3.8) is 0 Å². The van der Waals surface area contributed by atoms with Crippen LogP contribution >= 0.6 is 0 Å². The maximum atomic E-state index is 13.8. The fourth-order valence-electron chi connectivity index (χ4n) is 3.26. The molecule has 2 saturated carbocycles. The molecule has 0 aromatic heterocycles. The minimum atomic E-state index is -4.12. The van der Waals surface area contributed by atoms with Gasteiger partial charge in [0.15, 0.2) is 0 Å². The minimum absolute atomic E-state index is 0.294. The Kier molecular flexibility index (Phi) is 3.52. The molecule has 2 atom stereocenters. The monoisotopic (exact) mass is 319 g/mol. The van der Waals surface area contributed by atoms with Crippen molar-refractivity contribution in [2.24, 2.45) is 5.92 Å². The quantitative estimate of drug-likeness (QED) is 0.925. The van der Waals surface area contributed by atoms with Gasteiger partial charge in [-0.25, -0.2) is 26.3 Å². The summed E-state index contributed by atoms with van der Waals surface area (Å²) in [7, 11) is -4.12. The normalized spacial score (nSPS) is 28.5. The van der Waals surface area contributed by atoms with Gasteiger partial charge >= 0.3 is 0 Å². The van der Waals surface area contributed by atoms with Gasteiger partial charge < -0.3 is 0 Å². The van der Waals surface area contributed by atoms with E-state index in [0.717, 1.165) is 50.3 Å². The van der Waals surface area contributed by atoms with Crippen molar-refractivity contribution in [3.05, 3.63) is 29.6 Å². The molecule has 0 radical (unpaired) electrons. The zero-order chi connectivity index (χ0) is 15.3. The Labute approximate surface area is 121 Å². The minimum Gasteiger partial charge on any atom is -0.207 e. The summed E-state index contributed by atoms with van der Waals surface area (Å²) in [5.74, 6) is -0.710. The van der Waals surface area contributed by atoms with Gasteiger partial charge in [-0.2, -0.15) is 0 Å². The Balaban J connectivity index is 1.90. The zero-order valence-electron chi connectivity index (χ0n) is 11.3. The van der Waals surface area contributed by atoms with E-state index in [4.69, 9.17) is 0 Å². The van der Waals surface area contributed by atoms with Crippen molar-refractivity contribution < 1.29 is 21.6 Å². The third-order valence-electron chi connectivity index (χ3n) is 4.49. The molecular weight excluding hydrogens is 303 g/mol. The topological polar surface area (TPSA) is 46.2 Å². The fraction of sp³-hybridized carbons (Fsp3) is 0.571. The van der Waals surface area contributed by atoms with Gasteiger partial charge in [0, 0.05) is 11.1 Å². The van der Waals surface area contributed by atoms with Crippen LogP contribution in [-0.2, 0) is 10.0 Å². The number of benzene rings is 1. The first-order valence-corrected chi connectivity index (χ1v) is 8.44. The van der Waals surface area contributed by atoms with Crippen LogP contribution in [-0.4, -0.2) is 14.0 Å². The lowest BCUT2D eigenvalue weighted by molar-refractivity contribution is 0.151. The van der Waals surface area contributed by atoms with Crippen molar-refractivity contribution in [1.29, 1.82) is 0 Å². The van der Waals surface area contributed by atoms with Crippen molar-refractivity contribution in [1.82, 2.24) is 4.72 Å². The van der Waals surface area contributed by atoms with Gasteiger partial charge in [0.1, 0.15) is 10.7 Å². The van der Waals surface area contributed by atoms with Crippen LogP contribution in [0.4, 0.5) is 13.2 Å². The van der Waals surface area contributed by atoms with Crippen molar-refractivity contribution >= 4 is 10.0 Å². The number of alkyl halides is 2. The third-order valence-corrected chi connectivity index (χ3v) is 6.06. The first-order valence-electron chi connectivity index (χ1n) is 6.96. The van der Waals surface area contributed by atoms with Crippen LogP contribution in [0.1, 0.15) is 44.1 Å². The van der Waals surface area contributed by atoms with Crippen LogP contribution < -0.4 is 4.72 Å². The van der Waals surface area contributed by atoms with Gasteiger partial charge in [0.2, 0.25) is 10.0 Å². The highest BCUT2D eigenvalue weighted by Crippen LogP contribution is 2.54. The number of sulfonamides is 1. The number of nitrogens with one attached hydrogen (secondary N) is 1. The average Bonchev–Trinajstić information content (AvgIpc) is 3.11. The van der Waals surface area contributed by atoms with Gasteiger partial charge in [0.05, 0.1) is 0 Å². The molecule has 1 aromatic rings. The molecule has 3 nitrogen and oxygen atoms in total. The standard InChI is InChI=1S/C14H16F3NO2S/c15-11-5-4-9(13(16)17)7-12(11)21(19,20)18-14-6-2-1-3-10(14)8-14/h4-5,7,10,13,18H,1-3,6,8H2. The van der Waals surface area contributed by atoms with Gasteiger partial charge in [-0.3, -0.25) is 0 Å². The highest BCUT2D eigenvalue weighted by molar-refractivity contribution is 7.89. The van der Waals surface area contributed by atoms with E-state index in [1.807, 2.05) is 0 Å². The smallest absolute Gasteiger partial charge is 0.207 e. The third kappa shape index (κ3) is 2.68. The number of halogens is 3. The van der Waals surface area contributed by atoms with Crippen LogP contribution in [0.3, 0.4) is 0 Å². The fourth-order valence-corrected chi connectivity index (χ4v) is 4.87. The van der Waals surface area contributed by atoms with E-state index < -0.39 is 38.3 Å². The molecule has 116 valence electrons. The lowest BCUT2D eigenvalue weighted by atomic mass is 9.96. The Hall–Kier alpha value is -1.08. The van der Waals surface area contributed by atoms with Crippen LogP contribution in [0.25, 0.3) is 0 Å². The molecule has 2 fully saturated rings. The molecule has 0 amide bonds. The SMILES string of the molecule is O=S(=O)(NC12CCCCC1C2)c1cc(C(F)F)ccc1F. The molecule has 0 spiro atoms. The maximum absolute atomic E-state index is 13.8. The first kappa shape index (κ1) is 14.8. The molecule has 2 aliphatic carbocycles. The Morgan fingerprint density at radius 2 is 2.05 bits per heavy atom. The predicted octanol–water partition coefficient (Wildman–Crippen LogP) is 3.37. The van der Waals surface area contributed by atoms with Gasteiger partial charge in [-0.1, -0.05) is 18.9 Å². The average molecular weight is 319 g/mol. The molecule has 0 heterocycles. The second-order valence-electron chi connectivity index (χ2n) is 5.90. The van der Waals surface area contributed by atoms with E-state index in [9.17, 15) is 21.6 Å². The van der Waals surface area contributed by atoms with E-state index in [-0.39, 0.29) is 0 Å².